The van der Waals surface area contributed by atoms with E-state index in [-0.39, 0.29) is 17.1 Å². The zero-order valence-electron chi connectivity index (χ0n) is 15.3. The number of aromatic amines is 1. The molecule has 32 heavy (non-hydrogen) atoms. The zero-order chi connectivity index (χ0) is 24.1. The first-order valence-electron chi connectivity index (χ1n) is 8.11. The fraction of sp³-hybridized carbons (Fsp3) is 0.500. The number of imidazole rings is 1. The van der Waals surface area contributed by atoms with Crippen LogP contribution in [0.15, 0.2) is 11.1 Å². The molecule has 3 rings (SSSR count). The number of rotatable bonds is 8. The Labute approximate surface area is 175 Å². The van der Waals surface area contributed by atoms with Gasteiger partial charge in [-0.25, -0.2) is 18.7 Å². The Kier molecular flexibility index (Phi) is 6.78. The van der Waals surface area contributed by atoms with Crippen LogP contribution < -0.4 is 11.3 Å². The maximum atomic E-state index is 11.9. The summed E-state index contributed by atoms with van der Waals surface area (Å²) in [6.45, 7) is -1.01. The van der Waals surface area contributed by atoms with Gasteiger partial charge in [0.15, 0.2) is 17.4 Å². The van der Waals surface area contributed by atoms with Crippen molar-refractivity contribution in [2.24, 2.45) is 0 Å². The SMILES string of the molecule is Nc1nc2c(ncn2[C@@H]2O[C@H](COP(=O)(O)OP(=O)(O)OP(=[18O])([18OH])[18OH])[C@@H](O)[C@H]2O)c(=O)[nH]1. The molecule has 22 heteroatoms. The third-order valence-corrected chi connectivity index (χ3v) is 7.68. The average Bonchev–Trinajstić information content (AvgIpc) is 3.12. The van der Waals surface area contributed by atoms with E-state index < -0.39 is 60.2 Å². The number of ether oxygens (including phenoxy) is 1. The second-order valence-electron chi connectivity index (χ2n) is 6.21. The lowest BCUT2D eigenvalue weighted by molar-refractivity contribution is -0.0503. The lowest BCUT2D eigenvalue weighted by Gasteiger charge is -2.19. The van der Waals surface area contributed by atoms with Gasteiger partial charge < -0.3 is 40.3 Å². The monoisotopic (exact) mass is 529 g/mol. The highest BCUT2D eigenvalue weighted by Gasteiger charge is 2.47. The number of phosphoric ester groups is 1. The van der Waals surface area contributed by atoms with Gasteiger partial charge in [0, 0.05) is 0 Å². The smallest absolute Gasteiger partial charge is 0.387 e. The Bertz CT molecular complexity index is 1210. The summed E-state index contributed by atoms with van der Waals surface area (Å²) in [6, 6.07) is 0. The number of hydrogen-bond acceptors (Lipinski definition) is 13. The first-order chi connectivity index (χ1) is 14.6. The molecule has 0 aromatic carbocycles. The molecule has 3 heterocycles. The third-order valence-electron chi connectivity index (χ3n) is 3.88. The number of aliphatic hydroxyl groups is 2. The predicted octanol–water partition coefficient (Wildman–Crippen LogP) is -2.34. The van der Waals surface area contributed by atoms with Crippen LogP contribution in [0.25, 0.3) is 11.2 Å². The summed E-state index contributed by atoms with van der Waals surface area (Å²) in [5.41, 5.74) is 4.50. The summed E-state index contributed by atoms with van der Waals surface area (Å²) in [6.07, 6.45) is -5.33. The third kappa shape index (κ3) is 5.67. The van der Waals surface area contributed by atoms with Crippen molar-refractivity contribution in [3.63, 3.8) is 0 Å². The summed E-state index contributed by atoms with van der Waals surface area (Å²) >= 11 is 0. The topological polar surface area (TPSA) is 299 Å². The van der Waals surface area contributed by atoms with Gasteiger partial charge in [-0.1, -0.05) is 0 Å². The Morgan fingerprint density at radius 3 is 2.53 bits per heavy atom. The molecule has 6 atom stereocenters. The van der Waals surface area contributed by atoms with Crippen molar-refractivity contribution in [1.82, 2.24) is 19.5 Å². The molecular weight excluding hydrogens is 513 g/mol. The highest BCUT2D eigenvalue weighted by atomic mass is 31.3. The summed E-state index contributed by atoms with van der Waals surface area (Å²) < 4.78 is 51.6. The number of nitrogen functional groups attached to an aromatic ring is 1. The van der Waals surface area contributed by atoms with Crippen LogP contribution in [0.3, 0.4) is 0 Å². The molecule has 0 spiro atoms. The number of H-pyrrole nitrogens is 1. The van der Waals surface area contributed by atoms with Crippen LogP contribution in [-0.4, -0.2) is 74.2 Å². The van der Waals surface area contributed by atoms with Crippen molar-refractivity contribution in [3.8, 4) is 0 Å². The number of nitrogens with zero attached hydrogens (tertiary/aromatic N) is 3. The fourth-order valence-corrected chi connectivity index (χ4v) is 5.73. The molecule has 0 bridgehead atoms. The molecule has 0 aliphatic carbocycles. The average molecular weight is 529 g/mol. The molecule has 1 aliphatic heterocycles. The summed E-state index contributed by atoms with van der Waals surface area (Å²) in [7, 11) is -16.8. The Morgan fingerprint density at radius 1 is 1.25 bits per heavy atom. The number of nitrogens with two attached hydrogens (primary N) is 1. The fourth-order valence-electron chi connectivity index (χ4n) is 2.70. The molecule has 2 aromatic rings. The quantitative estimate of drug-likeness (QED) is 0.131. The molecule has 180 valence electrons. The van der Waals surface area contributed by atoms with E-state index in [0.29, 0.717) is 0 Å². The molecule has 9 N–H and O–H groups in total. The normalized spacial score (nSPS) is 27.9. The second-order valence-corrected chi connectivity index (χ2v) is 10.6. The van der Waals surface area contributed by atoms with Gasteiger partial charge in [0.2, 0.25) is 5.95 Å². The van der Waals surface area contributed by atoms with Gasteiger partial charge in [-0.15, -0.1) is 0 Å². The molecule has 0 saturated carbocycles. The first kappa shape index (κ1) is 25.1. The predicted molar refractivity (Wildman–Crippen MR) is 98.3 cm³/mol. The molecule has 0 radical (unpaired) electrons. The minimum absolute atomic E-state index is 0.115. The number of aliphatic hydroxyl groups excluding tert-OH is 2. The highest BCUT2D eigenvalue weighted by molar-refractivity contribution is 7.66. The van der Waals surface area contributed by atoms with Crippen LogP contribution in [-0.2, 0) is 31.6 Å². The molecule has 0 amide bonds. The maximum Gasteiger partial charge on any atom is 0.490 e. The van der Waals surface area contributed by atoms with Crippen molar-refractivity contribution < 1.29 is 61.4 Å². The summed E-state index contributed by atoms with van der Waals surface area (Å²) in [5.74, 6) is -0.276. The van der Waals surface area contributed by atoms with E-state index in [1.807, 2.05) is 0 Å². The highest BCUT2D eigenvalue weighted by Crippen LogP contribution is 2.66. The van der Waals surface area contributed by atoms with Crippen LogP contribution in [0.4, 0.5) is 5.95 Å². The summed E-state index contributed by atoms with van der Waals surface area (Å²) in [4.78, 5) is 57.3. The van der Waals surface area contributed by atoms with Crippen molar-refractivity contribution in [1.29, 1.82) is 0 Å². The van der Waals surface area contributed by atoms with Crippen LogP contribution in [0.2, 0.25) is 0 Å². The maximum absolute atomic E-state index is 11.9. The van der Waals surface area contributed by atoms with Crippen LogP contribution in [0.5, 0.6) is 0 Å². The Balaban J connectivity index is 1.72. The van der Waals surface area contributed by atoms with Crippen molar-refractivity contribution in [3.05, 3.63) is 16.7 Å². The van der Waals surface area contributed by atoms with Gasteiger partial charge in [-0.2, -0.15) is 13.6 Å². The largest absolute Gasteiger partial charge is 0.490 e. The minimum atomic E-state index is -5.73. The van der Waals surface area contributed by atoms with Gasteiger partial charge in [0.25, 0.3) is 5.56 Å². The van der Waals surface area contributed by atoms with Gasteiger partial charge in [0.05, 0.1) is 12.9 Å². The molecule has 1 saturated heterocycles. The standard InChI is InChI=1S/C10H16N5O14P3/c11-10-13-7-4(8(18)14-10)12-2-15(7)9-6(17)5(16)3(27-9)1-26-31(22,23)29-32(24,25)28-30(19,20)21/h2-3,5-6,9,16-17H,1H2,(H,22,23)(H,24,25)(H2,19,20,21)(H3,11,13,14,18)/t3-,5-,6-,9-/m1/s1/i19+2,20+2,21+2. The molecular formula is C10H16N5O14P3. The van der Waals surface area contributed by atoms with Gasteiger partial charge in [-0.3, -0.25) is 18.9 Å². The van der Waals surface area contributed by atoms with E-state index in [2.05, 4.69) is 28.1 Å². The minimum Gasteiger partial charge on any atom is -0.387 e. The van der Waals surface area contributed by atoms with E-state index >= 15 is 0 Å². The van der Waals surface area contributed by atoms with Crippen molar-refractivity contribution in [2.75, 3.05) is 12.3 Å². The van der Waals surface area contributed by atoms with Gasteiger partial charge in [0.1, 0.15) is 18.3 Å². The number of anilines is 1. The van der Waals surface area contributed by atoms with E-state index in [4.69, 9.17) is 25.2 Å². The number of phosphoric acid groups is 3. The molecule has 19 nitrogen and oxygen atoms in total. The van der Waals surface area contributed by atoms with E-state index in [1.54, 1.807) is 0 Å². The van der Waals surface area contributed by atoms with E-state index in [0.717, 1.165) is 10.9 Å². The molecule has 2 aromatic heterocycles. The lowest BCUT2D eigenvalue weighted by atomic mass is 10.1. The number of aromatic nitrogens is 4. The molecule has 2 unspecified atom stereocenters. The summed E-state index contributed by atoms with van der Waals surface area (Å²) in [5, 5.41) is 20.4. The van der Waals surface area contributed by atoms with Crippen LogP contribution in [0.1, 0.15) is 6.23 Å². The van der Waals surface area contributed by atoms with Crippen molar-refractivity contribution >= 4 is 40.6 Å². The van der Waals surface area contributed by atoms with Gasteiger partial charge >= 0.3 is 23.5 Å². The lowest BCUT2D eigenvalue weighted by Crippen LogP contribution is -2.33. The zero-order valence-corrected chi connectivity index (χ0v) is 18.0. The Hall–Kier alpha value is -1.56. The molecule has 1 aliphatic rings. The van der Waals surface area contributed by atoms with Crippen LogP contribution >= 0.6 is 23.5 Å². The van der Waals surface area contributed by atoms with Gasteiger partial charge in [-0.05, 0) is 0 Å². The number of hydrogen-bond donors (Lipinski definition) is 8. The second kappa shape index (κ2) is 8.66. The first-order valence-corrected chi connectivity index (χ1v) is 12.6. The van der Waals surface area contributed by atoms with E-state index in [1.165, 1.54) is 0 Å². The van der Waals surface area contributed by atoms with Crippen molar-refractivity contribution in [2.45, 2.75) is 24.5 Å². The number of nitrogens with one attached hydrogen (secondary N) is 1. The molecule has 1 fully saturated rings. The van der Waals surface area contributed by atoms with Crippen LogP contribution in [0, 0.1) is 0 Å². The van der Waals surface area contributed by atoms with E-state index in [9.17, 15) is 33.6 Å². The Morgan fingerprint density at radius 2 is 1.91 bits per heavy atom. The number of fused-ring (bicyclic) bond motifs is 1.